The van der Waals surface area contributed by atoms with Crippen LogP contribution in [-0.4, -0.2) is 32.4 Å². The van der Waals surface area contributed by atoms with E-state index in [4.69, 9.17) is 14.2 Å². The van der Waals surface area contributed by atoms with Crippen LogP contribution in [0.1, 0.15) is 12.5 Å². The molecule has 0 saturated carbocycles. The van der Waals surface area contributed by atoms with Crippen LogP contribution >= 0.6 is 15.9 Å². The second-order valence-corrected chi connectivity index (χ2v) is 5.76. The van der Waals surface area contributed by atoms with Crippen molar-refractivity contribution in [3.8, 4) is 17.2 Å². The number of ether oxygens (including phenoxy) is 3. The quantitative estimate of drug-likeness (QED) is 0.538. The van der Waals surface area contributed by atoms with E-state index in [0.717, 1.165) is 10.0 Å². The zero-order valence-corrected chi connectivity index (χ0v) is 15.6. The Morgan fingerprint density at radius 2 is 1.88 bits per heavy atom. The molecular formula is C18H19BrN2O4. The van der Waals surface area contributed by atoms with Gasteiger partial charge in [0.05, 0.1) is 19.9 Å². The van der Waals surface area contributed by atoms with Crippen LogP contribution < -0.4 is 19.6 Å². The van der Waals surface area contributed by atoms with Gasteiger partial charge in [-0.2, -0.15) is 5.10 Å². The third kappa shape index (κ3) is 5.79. The normalized spacial score (nSPS) is 10.5. The number of para-hydroxylation sites is 2. The molecule has 0 spiro atoms. The minimum atomic E-state index is -0.378. The molecule has 0 aliphatic heterocycles. The van der Waals surface area contributed by atoms with Crippen LogP contribution in [0, 0.1) is 0 Å². The molecule has 6 nitrogen and oxygen atoms in total. The Kier molecular flexibility index (Phi) is 7.28. The van der Waals surface area contributed by atoms with Gasteiger partial charge in [0.1, 0.15) is 5.75 Å². The van der Waals surface area contributed by atoms with Crippen molar-refractivity contribution in [1.82, 2.24) is 5.43 Å². The highest BCUT2D eigenvalue weighted by atomic mass is 79.9. The van der Waals surface area contributed by atoms with Crippen LogP contribution in [0.15, 0.2) is 52.0 Å². The van der Waals surface area contributed by atoms with Crippen molar-refractivity contribution in [2.45, 2.75) is 6.92 Å². The molecule has 132 valence electrons. The zero-order chi connectivity index (χ0) is 18.1. The Morgan fingerprint density at radius 3 is 2.56 bits per heavy atom. The Hall–Kier alpha value is -2.54. The van der Waals surface area contributed by atoms with Gasteiger partial charge in [-0.1, -0.05) is 28.1 Å². The maximum atomic E-state index is 11.9. The minimum absolute atomic E-state index is 0.170. The third-order valence-electron chi connectivity index (χ3n) is 3.09. The van der Waals surface area contributed by atoms with Crippen molar-refractivity contribution in [1.29, 1.82) is 0 Å². The number of benzene rings is 2. The number of rotatable bonds is 8. The molecular weight excluding hydrogens is 388 g/mol. The molecule has 0 bridgehead atoms. The number of nitrogens with zero attached hydrogens (tertiary/aromatic N) is 1. The summed E-state index contributed by atoms with van der Waals surface area (Å²) in [5.41, 5.74) is 3.15. The number of hydrogen-bond acceptors (Lipinski definition) is 5. The molecule has 0 radical (unpaired) electrons. The van der Waals surface area contributed by atoms with Gasteiger partial charge < -0.3 is 14.2 Å². The van der Waals surface area contributed by atoms with Gasteiger partial charge in [0.25, 0.3) is 5.91 Å². The molecule has 0 aliphatic rings. The highest BCUT2D eigenvalue weighted by molar-refractivity contribution is 9.10. The average molecular weight is 407 g/mol. The van der Waals surface area contributed by atoms with Crippen molar-refractivity contribution in [3.05, 3.63) is 52.5 Å². The van der Waals surface area contributed by atoms with Gasteiger partial charge in [-0.15, -0.1) is 0 Å². The lowest BCUT2D eigenvalue weighted by Crippen LogP contribution is -2.24. The molecule has 2 aromatic carbocycles. The van der Waals surface area contributed by atoms with E-state index in [1.165, 1.54) is 6.21 Å². The number of carbonyl (C=O) groups excluding carboxylic acids is 1. The SMILES string of the molecule is CCOc1ccccc1OCC(=O)NN=Cc1cc(Br)ccc1OC. The van der Waals surface area contributed by atoms with Crippen molar-refractivity contribution < 1.29 is 19.0 Å². The van der Waals surface area contributed by atoms with Crippen molar-refractivity contribution in [3.63, 3.8) is 0 Å². The first-order valence-electron chi connectivity index (χ1n) is 7.64. The monoisotopic (exact) mass is 406 g/mol. The molecule has 0 aliphatic carbocycles. The number of methoxy groups -OCH3 is 1. The van der Waals surface area contributed by atoms with Gasteiger partial charge in [0.15, 0.2) is 18.1 Å². The molecule has 25 heavy (non-hydrogen) atoms. The number of hydrogen-bond donors (Lipinski definition) is 1. The summed E-state index contributed by atoms with van der Waals surface area (Å²) in [5.74, 6) is 1.39. The highest BCUT2D eigenvalue weighted by Crippen LogP contribution is 2.26. The molecule has 1 N–H and O–H groups in total. The Balaban J connectivity index is 1.90. The summed E-state index contributed by atoms with van der Waals surface area (Å²) in [7, 11) is 1.57. The van der Waals surface area contributed by atoms with E-state index in [9.17, 15) is 4.79 Å². The van der Waals surface area contributed by atoms with Gasteiger partial charge in [-0.3, -0.25) is 4.79 Å². The number of amides is 1. The predicted molar refractivity (Wildman–Crippen MR) is 99.5 cm³/mol. The molecule has 2 aromatic rings. The second kappa shape index (κ2) is 9.68. The average Bonchev–Trinajstić information content (AvgIpc) is 2.61. The van der Waals surface area contributed by atoms with Crippen molar-refractivity contribution in [2.24, 2.45) is 5.10 Å². The van der Waals surface area contributed by atoms with Gasteiger partial charge in [-0.05, 0) is 37.3 Å². The lowest BCUT2D eigenvalue weighted by molar-refractivity contribution is -0.123. The summed E-state index contributed by atoms with van der Waals surface area (Å²) < 4.78 is 17.0. The zero-order valence-electron chi connectivity index (χ0n) is 14.0. The first kappa shape index (κ1) is 18.8. The summed E-state index contributed by atoms with van der Waals surface area (Å²) in [4.78, 5) is 11.9. The van der Waals surface area contributed by atoms with E-state index < -0.39 is 0 Å². The minimum Gasteiger partial charge on any atom is -0.496 e. The molecule has 1 amide bonds. The Labute approximate surface area is 154 Å². The molecule has 0 heterocycles. The van der Waals surface area contributed by atoms with Crippen LogP contribution in [0.2, 0.25) is 0 Å². The summed E-state index contributed by atoms with van der Waals surface area (Å²) in [6.07, 6.45) is 1.51. The lowest BCUT2D eigenvalue weighted by atomic mass is 10.2. The maximum Gasteiger partial charge on any atom is 0.277 e. The first-order valence-corrected chi connectivity index (χ1v) is 8.43. The molecule has 0 aromatic heterocycles. The molecule has 2 rings (SSSR count). The first-order chi connectivity index (χ1) is 12.1. The third-order valence-corrected chi connectivity index (χ3v) is 3.59. The second-order valence-electron chi connectivity index (χ2n) is 4.85. The van der Waals surface area contributed by atoms with Crippen LogP contribution in [0.25, 0.3) is 0 Å². The molecule has 0 atom stereocenters. The summed E-state index contributed by atoms with van der Waals surface area (Å²) in [6, 6.07) is 12.7. The van der Waals surface area contributed by atoms with E-state index in [1.807, 2.05) is 31.2 Å². The van der Waals surface area contributed by atoms with Crippen molar-refractivity contribution >= 4 is 28.1 Å². The van der Waals surface area contributed by atoms with Crippen molar-refractivity contribution in [2.75, 3.05) is 20.3 Å². The number of carbonyl (C=O) groups is 1. The van der Waals surface area contributed by atoms with Crippen LogP contribution in [0.3, 0.4) is 0 Å². The fraction of sp³-hybridized carbons (Fsp3) is 0.222. The lowest BCUT2D eigenvalue weighted by Gasteiger charge is -2.10. The Morgan fingerprint density at radius 1 is 1.16 bits per heavy atom. The molecule has 0 fully saturated rings. The Bertz CT molecular complexity index is 750. The maximum absolute atomic E-state index is 11.9. The van der Waals surface area contributed by atoms with Gasteiger partial charge >= 0.3 is 0 Å². The predicted octanol–water partition coefficient (Wildman–Crippen LogP) is 3.39. The standard InChI is InChI=1S/C18H19BrN2O4/c1-3-24-16-6-4-5-7-17(16)25-12-18(22)21-20-11-13-10-14(19)8-9-15(13)23-2/h4-11H,3,12H2,1-2H3,(H,21,22). The number of halogens is 1. The van der Waals surface area contributed by atoms with Gasteiger partial charge in [-0.25, -0.2) is 5.43 Å². The van der Waals surface area contributed by atoms with E-state index in [2.05, 4.69) is 26.5 Å². The van der Waals surface area contributed by atoms with E-state index in [-0.39, 0.29) is 12.5 Å². The van der Waals surface area contributed by atoms with E-state index >= 15 is 0 Å². The fourth-order valence-corrected chi connectivity index (χ4v) is 2.38. The van der Waals surface area contributed by atoms with Gasteiger partial charge in [0.2, 0.25) is 0 Å². The van der Waals surface area contributed by atoms with E-state index in [0.29, 0.717) is 23.9 Å². The number of hydrazone groups is 1. The molecule has 0 unspecified atom stereocenters. The molecule has 0 saturated heterocycles. The van der Waals surface area contributed by atoms with E-state index in [1.54, 1.807) is 25.3 Å². The van der Waals surface area contributed by atoms with Crippen LogP contribution in [0.4, 0.5) is 0 Å². The summed E-state index contributed by atoms with van der Waals surface area (Å²) in [5, 5.41) is 3.93. The largest absolute Gasteiger partial charge is 0.496 e. The molecule has 7 heteroatoms. The fourth-order valence-electron chi connectivity index (χ4n) is 2.00. The van der Waals surface area contributed by atoms with Crippen LogP contribution in [-0.2, 0) is 4.79 Å². The van der Waals surface area contributed by atoms with Crippen LogP contribution in [0.5, 0.6) is 17.2 Å². The topological polar surface area (TPSA) is 69.2 Å². The number of nitrogens with one attached hydrogen (secondary N) is 1. The smallest absolute Gasteiger partial charge is 0.277 e. The highest BCUT2D eigenvalue weighted by Gasteiger charge is 2.07. The summed E-state index contributed by atoms with van der Waals surface area (Å²) >= 11 is 3.38. The van der Waals surface area contributed by atoms with Gasteiger partial charge in [0, 0.05) is 10.0 Å². The summed E-state index contributed by atoms with van der Waals surface area (Å²) in [6.45, 7) is 2.23.